The summed E-state index contributed by atoms with van der Waals surface area (Å²) < 4.78 is 0. The van der Waals surface area contributed by atoms with Gasteiger partial charge in [0.25, 0.3) is 0 Å². The maximum Gasteiger partial charge on any atom is 0.000517 e. The van der Waals surface area contributed by atoms with Crippen molar-refractivity contribution in [1.82, 2.24) is 5.32 Å². The fourth-order valence-corrected chi connectivity index (χ4v) is 1.63. The van der Waals surface area contributed by atoms with Crippen molar-refractivity contribution in [3.8, 4) is 0 Å². The Morgan fingerprint density at radius 2 is 1.77 bits per heavy atom. The SMILES string of the molecule is CCCCCCCNCC1(C)CC1. The van der Waals surface area contributed by atoms with Crippen molar-refractivity contribution in [3.05, 3.63) is 0 Å². The standard InChI is InChI=1S/C12H25N/c1-3-4-5-6-7-10-13-11-12(2)8-9-12/h13H,3-11H2,1-2H3. The van der Waals surface area contributed by atoms with E-state index in [1.165, 1.54) is 58.0 Å². The van der Waals surface area contributed by atoms with Crippen LogP contribution in [0.25, 0.3) is 0 Å². The Morgan fingerprint density at radius 3 is 2.38 bits per heavy atom. The molecule has 1 heteroatoms. The summed E-state index contributed by atoms with van der Waals surface area (Å²) in [6, 6.07) is 0. The second-order valence-corrected chi connectivity index (χ2v) is 4.90. The summed E-state index contributed by atoms with van der Waals surface area (Å²) in [7, 11) is 0. The molecule has 0 unspecified atom stereocenters. The first kappa shape index (κ1) is 11.0. The third-order valence-corrected chi connectivity index (χ3v) is 3.11. The largest absolute Gasteiger partial charge is 0.316 e. The molecule has 0 aromatic heterocycles. The van der Waals surface area contributed by atoms with E-state index in [9.17, 15) is 0 Å². The smallest absolute Gasteiger partial charge is 0.000517 e. The molecule has 0 atom stereocenters. The highest BCUT2D eigenvalue weighted by Crippen LogP contribution is 2.43. The summed E-state index contributed by atoms with van der Waals surface area (Å²) in [4.78, 5) is 0. The molecule has 1 aliphatic rings. The van der Waals surface area contributed by atoms with E-state index in [0.717, 1.165) is 0 Å². The summed E-state index contributed by atoms with van der Waals surface area (Å²) in [6.07, 6.45) is 9.86. The molecule has 0 amide bonds. The van der Waals surface area contributed by atoms with Crippen LogP contribution in [0.3, 0.4) is 0 Å². The van der Waals surface area contributed by atoms with E-state index in [-0.39, 0.29) is 0 Å². The summed E-state index contributed by atoms with van der Waals surface area (Å²) in [5.74, 6) is 0. The van der Waals surface area contributed by atoms with Gasteiger partial charge in [-0.1, -0.05) is 39.5 Å². The van der Waals surface area contributed by atoms with Gasteiger partial charge in [-0.25, -0.2) is 0 Å². The second-order valence-electron chi connectivity index (χ2n) is 4.90. The van der Waals surface area contributed by atoms with Crippen molar-refractivity contribution in [2.75, 3.05) is 13.1 Å². The molecule has 0 radical (unpaired) electrons. The summed E-state index contributed by atoms with van der Waals surface area (Å²) in [5, 5.41) is 3.56. The van der Waals surface area contributed by atoms with Gasteiger partial charge in [0.15, 0.2) is 0 Å². The zero-order valence-corrected chi connectivity index (χ0v) is 9.36. The molecule has 1 saturated carbocycles. The van der Waals surface area contributed by atoms with Gasteiger partial charge >= 0.3 is 0 Å². The molecule has 1 N–H and O–H groups in total. The molecule has 1 fully saturated rings. The molecule has 0 aromatic carbocycles. The molecule has 13 heavy (non-hydrogen) atoms. The van der Waals surface area contributed by atoms with Crippen molar-refractivity contribution in [3.63, 3.8) is 0 Å². The van der Waals surface area contributed by atoms with E-state index in [1.807, 2.05) is 0 Å². The summed E-state index contributed by atoms with van der Waals surface area (Å²) in [6.45, 7) is 7.14. The van der Waals surface area contributed by atoms with Crippen LogP contribution in [0.5, 0.6) is 0 Å². The fourth-order valence-electron chi connectivity index (χ4n) is 1.63. The van der Waals surface area contributed by atoms with Crippen molar-refractivity contribution >= 4 is 0 Å². The predicted octanol–water partition coefficient (Wildman–Crippen LogP) is 3.35. The molecule has 78 valence electrons. The zero-order valence-electron chi connectivity index (χ0n) is 9.36. The van der Waals surface area contributed by atoms with Crippen LogP contribution in [0.2, 0.25) is 0 Å². The van der Waals surface area contributed by atoms with Crippen LogP contribution in [0.1, 0.15) is 58.8 Å². The van der Waals surface area contributed by atoms with E-state index < -0.39 is 0 Å². The zero-order chi connectivity index (χ0) is 9.57. The van der Waals surface area contributed by atoms with Crippen molar-refractivity contribution in [1.29, 1.82) is 0 Å². The van der Waals surface area contributed by atoms with Crippen LogP contribution in [0, 0.1) is 5.41 Å². The van der Waals surface area contributed by atoms with E-state index in [4.69, 9.17) is 0 Å². The normalized spacial score (nSPS) is 18.9. The molecule has 0 spiro atoms. The second kappa shape index (κ2) is 5.64. The lowest BCUT2D eigenvalue weighted by atomic mass is 10.1. The van der Waals surface area contributed by atoms with Gasteiger partial charge in [-0.15, -0.1) is 0 Å². The van der Waals surface area contributed by atoms with E-state index in [1.54, 1.807) is 0 Å². The number of rotatable bonds is 8. The van der Waals surface area contributed by atoms with Gasteiger partial charge in [-0.05, 0) is 31.2 Å². The molecule has 0 aromatic rings. The molecule has 0 heterocycles. The quantitative estimate of drug-likeness (QED) is 0.569. The molecular formula is C12H25N. The number of hydrogen-bond donors (Lipinski definition) is 1. The predicted molar refractivity (Wildman–Crippen MR) is 59.0 cm³/mol. The maximum absolute atomic E-state index is 3.56. The first-order chi connectivity index (χ1) is 6.27. The van der Waals surface area contributed by atoms with Crippen LogP contribution in [0.15, 0.2) is 0 Å². The third kappa shape index (κ3) is 5.30. The Labute approximate surface area is 83.3 Å². The highest BCUT2D eigenvalue weighted by Gasteiger charge is 2.36. The Morgan fingerprint density at radius 1 is 1.08 bits per heavy atom. The number of nitrogens with one attached hydrogen (secondary N) is 1. The van der Waals surface area contributed by atoms with Gasteiger partial charge in [-0.3, -0.25) is 0 Å². The highest BCUT2D eigenvalue weighted by atomic mass is 14.9. The van der Waals surface area contributed by atoms with Gasteiger partial charge in [-0.2, -0.15) is 0 Å². The maximum atomic E-state index is 3.56. The van der Waals surface area contributed by atoms with Crippen LogP contribution in [-0.4, -0.2) is 13.1 Å². The summed E-state index contributed by atoms with van der Waals surface area (Å²) >= 11 is 0. The minimum Gasteiger partial charge on any atom is -0.316 e. The monoisotopic (exact) mass is 183 g/mol. The third-order valence-electron chi connectivity index (χ3n) is 3.11. The Balaban J connectivity index is 1.74. The minimum atomic E-state index is 0.684. The van der Waals surface area contributed by atoms with Crippen LogP contribution in [0.4, 0.5) is 0 Å². The van der Waals surface area contributed by atoms with Crippen LogP contribution < -0.4 is 5.32 Å². The molecule has 0 saturated heterocycles. The lowest BCUT2D eigenvalue weighted by Crippen LogP contribution is -2.22. The minimum absolute atomic E-state index is 0.684. The molecule has 1 aliphatic carbocycles. The molecule has 0 bridgehead atoms. The lowest BCUT2D eigenvalue weighted by molar-refractivity contribution is 0.485. The van der Waals surface area contributed by atoms with Gasteiger partial charge < -0.3 is 5.32 Å². The van der Waals surface area contributed by atoms with Crippen LogP contribution >= 0.6 is 0 Å². The first-order valence-electron chi connectivity index (χ1n) is 5.97. The molecule has 0 aliphatic heterocycles. The van der Waals surface area contributed by atoms with Crippen molar-refractivity contribution < 1.29 is 0 Å². The average molecular weight is 183 g/mol. The van der Waals surface area contributed by atoms with Crippen molar-refractivity contribution in [2.24, 2.45) is 5.41 Å². The van der Waals surface area contributed by atoms with Gasteiger partial charge in [0, 0.05) is 6.54 Å². The number of hydrogen-bond acceptors (Lipinski definition) is 1. The van der Waals surface area contributed by atoms with Gasteiger partial charge in [0.2, 0.25) is 0 Å². The lowest BCUT2D eigenvalue weighted by Gasteiger charge is -2.09. The molecular weight excluding hydrogens is 158 g/mol. The Kier molecular flexibility index (Phi) is 4.79. The molecule has 1 nitrogen and oxygen atoms in total. The van der Waals surface area contributed by atoms with Gasteiger partial charge in [0.05, 0.1) is 0 Å². The Hall–Kier alpha value is -0.0400. The van der Waals surface area contributed by atoms with E-state index in [2.05, 4.69) is 19.2 Å². The van der Waals surface area contributed by atoms with Gasteiger partial charge in [0.1, 0.15) is 0 Å². The van der Waals surface area contributed by atoms with E-state index >= 15 is 0 Å². The number of unbranched alkanes of at least 4 members (excludes halogenated alkanes) is 4. The fraction of sp³-hybridized carbons (Fsp3) is 1.00. The topological polar surface area (TPSA) is 12.0 Å². The Bertz CT molecular complexity index is 127. The van der Waals surface area contributed by atoms with Crippen LogP contribution in [-0.2, 0) is 0 Å². The van der Waals surface area contributed by atoms with Crippen molar-refractivity contribution in [2.45, 2.75) is 58.8 Å². The average Bonchev–Trinajstić information content (AvgIpc) is 2.83. The molecule has 1 rings (SSSR count). The van der Waals surface area contributed by atoms with E-state index in [0.29, 0.717) is 5.41 Å². The highest BCUT2D eigenvalue weighted by molar-refractivity contribution is 4.90. The summed E-state index contributed by atoms with van der Waals surface area (Å²) in [5.41, 5.74) is 0.684. The first-order valence-corrected chi connectivity index (χ1v) is 5.97.